The summed E-state index contributed by atoms with van der Waals surface area (Å²) in [5.41, 5.74) is 1.41. The molecule has 8 heteroatoms. The van der Waals surface area contributed by atoms with Gasteiger partial charge in [-0.2, -0.15) is 0 Å². The van der Waals surface area contributed by atoms with Crippen LogP contribution in [0.5, 0.6) is 0 Å². The van der Waals surface area contributed by atoms with E-state index in [2.05, 4.69) is 26.2 Å². The van der Waals surface area contributed by atoms with Crippen LogP contribution in [0, 0.1) is 15.9 Å². The number of nitro groups is 1. The van der Waals surface area contributed by atoms with Gasteiger partial charge in [0, 0.05) is 40.2 Å². The van der Waals surface area contributed by atoms with Gasteiger partial charge in [0.1, 0.15) is 5.82 Å². The first kappa shape index (κ1) is 16.1. The topological polar surface area (TPSA) is 88.0 Å². The number of aromatic nitrogens is 1. The summed E-state index contributed by atoms with van der Waals surface area (Å²) in [7, 11) is 0. The number of fused-ring (bicyclic) bond motifs is 1. The molecule has 1 amide bonds. The lowest BCUT2D eigenvalue weighted by Crippen LogP contribution is -2.22. The highest BCUT2D eigenvalue weighted by molar-refractivity contribution is 9.10. The molecule has 0 unspecified atom stereocenters. The molecule has 0 saturated heterocycles. The lowest BCUT2D eigenvalue weighted by atomic mass is 10.1. The van der Waals surface area contributed by atoms with Gasteiger partial charge in [-0.3, -0.25) is 14.9 Å². The van der Waals surface area contributed by atoms with Gasteiger partial charge in [-0.15, -0.1) is 0 Å². The van der Waals surface area contributed by atoms with Crippen LogP contribution >= 0.6 is 15.9 Å². The highest BCUT2D eigenvalue weighted by Crippen LogP contribution is 2.24. The lowest BCUT2D eigenvalue weighted by Gasteiger charge is -2.07. The second-order valence-corrected chi connectivity index (χ2v) is 5.96. The summed E-state index contributed by atoms with van der Waals surface area (Å²) >= 11 is 3.30. The van der Waals surface area contributed by atoms with Crippen molar-refractivity contribution < 1.29 is 14.1 Å². The zero-order chi connectivity index (χ0) is 17.3. The van der Waals surface area contributed by atoms with Crippen molar-refractivity contribution in [2.45, 2.75) is 6.54 Å². The van der Waals surface area contributed by atoms with Gasteiger partial charge in [0.25, 0.3) is 11.6 Å². The highest BCUT2D eigenvalue weighted by Gasteiger charge is 2.15. The third-order valence-electron chi connectivity index (χ3n) is 3.57. The fourth-order valence-corrected chi connectivity index (χ4v) is 2.75. The molecule has 3 rings (SSSR count). The van der Waals surface area contributed by atoms with E-state index in [1.165, 1.54) is 30.5 Å². The van der Waals surface area contributed by atoms with Gasteiger partial charge in [0.05, 0.1) is 10.5 Å². The van der Waals surface area contributed by atoms with Crippen LogP contribution in [0.25, 0.3) is 10.9 Å². The van der Waals surface area contributed by atoms with E-state index in [4.69, 9.17) is 0 Å². The molecule has 1 aromatic heterocycles. The summed E-state index contributed by atoms with van der Waals surface area (Å²) in [5.74, 6) is -0.803. The van der Waals surface area contributed by atoms with Crippen molar-refractivity contribution >= 4 is 38.4 Å². The quantitative estimate of drug-likeness (QED) is 0.521. The number of halogens is 2. The Bertz CT molecular complexity index is 955. The standard InChI is InChI=1S/C16H11BrFN3O3/c17-14-3-1-10(18)5-9(14)7-20-16(22)13-8-19-15-4-2-11(21(23)24)6-12(13)15/h1-6,8,19H,7H2,(H,20,22). The van der Waals surface area contributed by atoms with Gasteiger partial charge >= 0.3 is 0 Å². The van der Waals surface area contributed by atoms with E-state index in [-0.39, 0.29) is 12.2 Å². The van der Waals surface area contributed by atoms with Gasteiger partial charge < -0.3 is 10.3 Å². The molecule has 0 radical (unpaired) electrons. The Morgan fingerprint density at radius 2 is 2.08 bits per heavy atom. The maximum absolute atomic E-state index is 13.3. The minimum absolute atomic E-state index is 0.0935. The smallest absolute Gasteiger partial charge is 0.270 e. The maximum Gasteiger partial charge on any atom is 0.270 e. The Balaban J connectivity index is 1.85. The van der Waals surface area contributed by atoms with Crippen LogP contribution in [0.2, 0.25) is 0 Å². The zero-order valence-corrected chi connectivity index (χ0v) is 13.8. The van der Waals surface area contributed by atoms with E-state index in [0.29, 0.717) is 26.5 Å². The molecule has 6 nitrogen and oxygen atoms in total. The van der Waals surface area contributed by atoms with Gasteiger partial charge in [-0.25, -0.2) is 4.39 Å². The SMILES string of the molecule is O=C(NCc1cc(F)ccc1Br)c1c[nH]c2ccc([N+](=O)[O-])cc12. The first-order chi connectivity index (χ1) is 11.5. The highest BCUT2D eigenvalue weighted by atomic mass is 79.9. The molecule has 0 atom stereocenters. The second kappa shape index (κ2) is 6.40. The van der Waals surface area contributed by atoms with Crippen molar-refractivity contribution in [1.29, 1.82) is 0 Å². The van der Waals surface area contributed by atoms with Crippen LogP contribution in [0.15, 0.2) is 47.1 Å². The summed E-state index contributed by atoms with van der Waals surface area (Å²) in [4.78, 5) is 25.6. The van der Waals surface area contributed by atoms with Gasteiger partial charge in [-0.1, -0.05) is 15.9 Å². The zero-order valence-electron chi connectivity index (χ0n) is 12.2. The van der Waals surface area contributed by atoms with Crippen LogP contribution < -0.4 is 5.32 Å². The fraction of sp³-hybridized carbons (Fsp3) is 0.0625. The number of benzene rings is 2. The molecule has 0 spiro atoms. The fourth-order valence-electron chi connectivity index (χ4n) is 2.36. The van der Waals surface area contributed by atoms with Crippen molar-refractivity contribution in [3.8, 4) is 0 Å². The molecule has 24 heavy (non-hydrogen) atoms. The van der Waals surface area contributed by atoms with E-state index >= 15 is 0 Å². The predicted molar refractivity (Wildman–Crippen MR) is 90.2 cm³/mol. The van der Waals surface area contributed by atoms with E-state index < -0.39 is 16.6 Å². The molecule has 0 bridgehead atoms. The number of nitro benzene ring substituents is 1. The summed E-state index contributed by atoms with van der Waals surface area (Å²) in [5, 5.41) is 14.0. The Hall–Kier alpha value is -2.74. The van der Waals surface area contributed by atoms with Gasteiger partial charge in [0.2, 0.25) is 0 Å². The molecule has 3 aromatic rings. The number of carbonyl (C=O) groups is 1. The molecular weight excluding hydrogens is 381 g/mol. The Morgan fingerprint density at radius 1 is 1.29 bits per heavy atom. The van der Waals surface area contributed by atoms with Crippen LogP contribution in [-0.4, -0.2) is 15.8 Å². The minimum Gasteiger partial charge on any atom is -0.360 e. The third-order valence-corrected chi connectivity index (χ3v) is 4.34. The molecule has 0 aliphatic heterocycles. The summed E-state index contributed by atoms with van der Waals surface area (Å²) in [6.45, 7) is 0.124. The maximum atomic E-state index is 13.3. The number of non-ortho nitro benzene ring substituents is 1. The first-order valence-electron chi connectivity index (χ1n) is 6.93. The average Bonchev–Trinajstić information content (AvgIpc) is 2.98. The number of hydrogen-bond donors (Lipinski definition) is 2. The second-order valence-electron chi connectivity index (χ2n) is 5.11. The molecule has 0 fully saturated rings. The number of H-pyrrole nitrogens is 1. The summed E-state index contributed by atoms with van der Waals surface area (Å²) < 4.78 is 14.0. The third kappa shape index (κ3) is 3.13. The largest absolute Gasteiger partial charge is 0.360 e. The number of amides is 1. The van der Waals surface area contributed by atoms with E-state index in [0.717, 1.165) is 0 Å². The predicted octanol–water partition coefficient (Wildman–Crippen LogP) is 3.91. The van der Waals surface area contributed by atoms with Crippen molar-refractivity contribution in [3.05, 3.63) is 74.1 Å². The van der Waals surface area contributed by atoms with Gasteiger partial charge in [0.15, 0.2) is 0 Å². The molecule has 122 valence electrons. The molecular formula is C16H11BrFN3O3. The molecule has 1 heterocycles. The molecule has 2 N–H and O–H groups in total. The number of aromatic amines is 1. The number of carbonyl (C=O) groups excluding carboxylic acids is 1. The molecule has 0 aliphatic rings. The normalized spacial score (nSPS) is 10.8. The van der Waals surface area contributed by atoms with Crippen LogP contribution in [0.1, 0.15) is 15.9 Å². The first-order valence-corrected chi connectivity index (χ1v) is 7.72. The Kier molecular flexibility index (Phi) is 4.30. The number of hydrogen-bond acceptors (Lipinski definition) is 3. The average molecular weight is 392 g/mol. The monoisotopic (exact) mass is 391 g/mol. The van der Waals surface area contributed by atoms with Crippen LogP contribution in [0.3, 0.4) is 0 Å². The summed E-state index contributed by atoms with van der Waals surface area (Å²) in [6, 6.07) is 8.46. The number of rotatable bonds is 4. The van der Waals surface area contributed by atoms with Crippen molar-refractivity contribution in [1.82, 2.24) is 10.3 Å². The van der Waals surface area contributed by atoms with E-state index in [1.54, 1.807) is 12.1 Å². The van der Waals surface area contributed by atoms with Crippen molar-refractivity contribution in [2.75, 3.05) is 0 Å². The van der Waals surface area contributed by atoms with Crippen molar-refractivity contribution in [3.63, 3.8) is 0 Å². The minimum atomic E-state index is -0.516. The van der Waals surface area contributed by atoms with Crippen LogP contribution in [0.4, 0.5) is 10.1 Å². The number of nitrogens with zero attached hydrogens (tertiary/aromatic N) is 1. The lowest BCUT2D eigenvalue weighted by molar-refractivity contribution is -0.384. The molecule has 0 saturated carbocycles. The molecule has 0 aliphatic carbocycles. The van der Waals surface area contributed by atoms with Crippen LogP contribution in [-0.2, 0) is 6.54 Å². The van der Waals surface area contributed by atoms with Gasteiger partial charge in [-0.05, 0) is 29.8 Å². The van der Waals surface area contributed by atoms with E-state index in [9.17, 15) is 19.3 Å². The van der Waals surface area contributed by atoms with E-state index in [1.807, 2.05) is 0 Å². The number of nitrogens with one attached hydrogen (secondary N) is 2. The Morgan fingerprint density at radius 3 is 2.83 bits per heavy atom. The van der Waals surface area contributed by atoms with Crippen molar-refractivity contribution in [2.24, 2.45) is 0 Å². The summed E-state index contributed by atoms with van der Waals surface area (Å²) in [6.07, 6.45) is 1.49. The molecule has 2 aromatic carbocycles. The Labute approximate surface area is 144 Å².